The summed E-state index contributed by atoms with van der Waals surface area (Å²) in [5.74, 6) is -1.19. The van der Waals surface area contributed by atoms with Crippen molar-refractivity contribution in [3.05, 3.63) is 0 Å². The zero-order valence-corrected chi connectivity index (χ0v) is 9.90. The topological polar surface area (TPSA) is 69.6 Å². The van der Waals surface area contributed by atoms with E-state index >= 15 is 0 Å². The molecule has 1 amide bonds. The predicted octanol–water partition coefficient (Wildman–Crippen LogP) is 0.308. The van der Waals surface area contributed by atoms with Crippen molar-refractivity contribution in [2.24, 2.45) is 5.92 Å². The molecule has 16 heavy (non-hydrogen) atoms. The molecule has 5 heteroatoms. The van der Waals surface area contributed by atoms with Gasteiger partial charge in [-0.3, -0.25) is 9.59 Å². The Balaban J connectivity index is 2.41. The number of nitrogens with one attached hydrogen (secondary N) is 1. The van der Waals surface area contributed by atoms with Crippen LogP contribution in [0.5, 0.6) is 0 Å². The molecule has 92 valence electrons. The number of carboxylic acids is 1. The molecule has 1 fully saturated rings. The number of nitrogens with zero attached hydrogens (tertiary/aromatic N) is 1. The van der Waals surface area contributed by atoms with Crippen molar-refractivity contribution in [2.45, 2.75) is 32.7 Å². The Morgan fingerprint density at radius 2 is 2.19 bits per heavy atom. The van der Waals surface area contributed by atoms with E-state index in [2.05, 4.69) is 5.32 Å². The molecule has 0 aliphatic carbocycles. The van der Waals surface area contributed by atoms with Crippen LogP contribution in [-0.2, 0) is 9.59 Å². The Labute approximate surface area is 95.8 Å². The molecular weight excluding hydrogens is 208 g/mol. The van der Waals surface area contributed by atoms with Crippen LogP contribution < -0.4 is 5.32 Å². The molecule has 1 saturated heterocycles. The van der Waals surface area contributed by atoms with E-state index in [1.165, 1.54) is 0 Å². The summed E-state index contributed by atoms with van der Waals surface area (Å²) in [5.41, 5.74) is 0. The van der Waals surface area contributed by atoms with Gasteiger partial charge < -0.3 is 15.3 Å². The maximum atomic E-state index is 11.7. The van der Waals surface area contributed by atoms with E-state index in [-0.39, 0.29) is 11.9 Å². The molecule has 0 aromatic carbocycles. The summed E-state index contributed by atoms with van der Waals surface area (Å²) in [6, 6.07) is 0.268. The second-order valence-electron chi connectivity index (χ2n) is 4.55. The molecule has 0 aromatic rings. The standard InChI is InChI=1S/C11H20N2O3/c1-8(2)12-6-10(14)13-5-3-4-9(7-13)11(15)16/h8-9,12H,3-7H2,1-2H3,(H,15,16)/t9-/m1/s1. The van der Waals surface area contributed by atoms with Gasteiger partial charge in [0.2, 0.25) is 5.91 Å². The minimum absolute atomic E-state index is 0.000324. The van der Waals surface area contributed by atoms with Gasteiger partial charge in [0.15, 0.2) is 0 Å². The number of piperidine rings is 1. The zero-order valence-electron chi connectivity index (χ0n) is 9.90. The Kier molecular flexibility index (Phi) is 4.73. The molecular formula is C11H20N2O3. The first kappa shape index (κ1) is 13.0. The van der Waals surface area contributed by atoms with Gasteiger partial charge in [0.25, 0.3) is 0 Å². The summed E-state index contributed by atoms with van der Waals surface area (Å²) in [7, 11) is 0. The van der Waals surface area contributed by atoms with E-state index in [1.807, 2.05) is 13.8 Å². The highest BCUT2D eigenvalue weighted by atomic mass is 16.4. The quantitative estimate of drug-likeness (QED) is 0.726. The first-order valence-electron chi connectivity index (χ1n) is 5.74. The van der Waals surface area contributed by atoms with Crippen molar-refractivity contribution in [3.8, 4) is 0 Å². The number of carbonyl (C=O) groups excluding carboxylic acids is 1. The number of hydrogen-bond acceptors (Lipinski definition) is 3. The molecule has 5 nitrogen and oxygen atoms in total. The fraction of sp³-hybridized carbons (Fsp3) is 0.818. The third kappa shape index (κ3) is 3.81. The van der Waals surface area contributed by atoms with Crippen molar-refractivity contribution in [3.63, 3.8) is 0 Å². The highest BCUT2D eigenvalue weighted by Gasteiger charge is 2.27. The van der Waals surface area contributed by atoms with E-state index in [0.29, 0.717) is 26.1 Å². The fourth-order valence-corrected chi connectivity index (χ4v) is 1.81. The molecule has 0 unspecified atom stereocenters. The second-order valence-corrected chi connectivity index (χ2v) is 4.55. The summed E-state index contributed by atoms with van der Waals surface area (Å²) in [6.45, 7) is 5.29. The van der Waals surface area contributed by atoms with E-state index in [0.717, 1.165) is 6.42 Å². The molecule has 1 aliphatic rings. The van der Waals surface area contributed by atoms with Gasteiger partial charge in [-0.2, -0.15) is 0 Å². The fourth-order valence-electron chi connectivity index (χ4n) is 1.81. The van der Waals surface area contributed by atoms with Gasteiger partial charge >= 0.3 is 5.97 Å². The first-order chi connectivity index (χ1) is 7.50. The molecule has 0 bridgehead atoms. The monoisotopic (exact) mass is 228 g/mol. The largest absolute Gasteiger partial charge is 0.481 e. The van der Waals surface area contributed by atoms with Crippen molar-refractivity contribution < 1.29 is 14.7 Å². The Morgan fingerprint density at radius 1 is 1.50 bits per heavy atom. The normalized spacial score (nSPS) is 21.2. The Hall–Kier alpha value is -1.10. The lowest BCUT2D eigenvalue weighted by molar-refractivity contribution is -0.145. The lowest BCUT2D eigenvalue weighted by Crippen LogP contribution is -2.46. The maximum Gasteiger partial charge on any atom is 0.308 e. The van der Waals surface area contributed by atoms with Crippen molar-refractivity contribution in [2.75, 3.05) is 19.6 Å². The number of rotatable bonds is 4. The van der Waals surface area contributed by atoms with Crippen molar-refractivity contribution >= 4 is 11.9 Å². The van der Waals surface area contributed by atoms with Crippen LogP contribution in [0.3, 0.4) is 0 Å². The van der Waals surface area contributed by atoms with Gasteiger partial charge in [0.05, 0.1) is 12.5 Å². The number of carbonyl (C=O) groups is 2. The van der Waals surface area contributed by atoms with Crippen LogP contribution in [0, 0.1) is 5.92 Å². The summed E-state index contributed by atoms with van der Waals surface area (Å²) in [5, 5.41) is 12.0. The summed E-state index contributed by atoms with van der Waals surface area (Å²) >= 11 is 0. The molecule has 0 aromatic heterocycles. The zero-order chi connectivity index (χ0) is 12.1. The molecule has 0 spiro atoms. The molecule has 1 aliphatic heterocycles. The Bertz CT molecular complexity index is 266. The maximum absolute atomic E-state index is 11.7. The molecule has 1 atom stereocenters. The van der Waals surface area contributed by atoms with Crippen LogP contribution in [0.25, 0.3) is 0 Å². The van der Waals surface area contributed by atoms with Crippen molar-refractivity contribution in [1.82, 2.24) is 10.2 Å². The van der Waals surface area contributed by atoms with Gasteiger partial charge in [-0.25, -0.2) is 0 Å². The van der Waals surface area contributed by atoms with Crippen LogP contribution in [-0.4, -0.2) is 47.6 Å². The summed E-state index contributed by atoms with van der Waals surface area (Å²) in [4.78, 5) is 24.2. The number of hydrogen-bond donors (Lipinski definition) is 2. The molecule has 2 N–H and O–H groups in total. The Morgan fingerprint density at radius 3 is 2.75 bits per heavy atom. The average molecular weight is 228 g/mol. The summed E-state index contributed by atoms with van der Waals surface area (Å²) < 4.78 is 0. The molecule has 0 saturated carbocycles. The first-order valence-corrected chi connectivity index (χ1v) is 5.74. The highest BCUT2D eigenvalue weighted by molar-refractivity contribution is 5.79. The van der Waals surface area contributed by atoms with Gasteiger partial charge in [-0.05, 0) is 12.8 Å². The van der Waals surface area contributed by atoms with Crippen LogP contribution in [0.4, 0.5) is 0 Å². The lowest BCUT2D eigenvalue weighted by atomic mass is 9.98. The van der Waals surface area contributed by atoms with Crippen LogP contribution >= 0.6 is 0 Å². The number of amides is 1. The van der Waals surface area contributed by atoms with Crippen LogP contribution in [0.15, 0.2) is 0 Å². The van der Waals surface area contributed by atoms with Gasteiger partial charge in [0.1, 0.15) is 0 Å². The third-order valence-electron chi connectivity index (χ3n) is 2.78. The van der Waals surface area contributed by atoms with E-state index in [1.54, 1.807) is 4.90 Å². The van der Waals surface area contributed by atoms with Crippen molar-refractivity contribution in [1.29, 1.82) is 0 Å². The van der Waals surface area contributed by atoms with E-state index in [4.69, 9.17) is 5.11 Å². The molecule has 0 radical (unpaired) electrons. The number of likely N-dealkylation sites (tertiary alicyclic amines) is 1. The van der Waals surface area contributed by atoms with E-state index < -0.39 is 11.9 Å². The number of aliphatic carboxylic acids is 1. The van der Waals surface area contributed by atoms with Gasteiger partial charge in [-0.15, -0.1) is 0 Å². The second kappa shape index (κ2) is 5.84. The predicted molar refractivity (Wildman–Crippen MR) is 60.1 cm³/mol. The molecule has 1 heterocycles. The van der Waals surface area contributed by atoms with Gasteiger partial charge in [0, 0.05) is 19.1 Å². The summed E-state index contributed by atoms with van der Waals surface area (Å²) in [6.07, 6.45) is 1.46. The van der Waals surface area contributed by atoms with Crippen LogP contribution in [0.2, 0.25) is 0 Å². The lowest BCUT2D eigenvalue weighted by Gasteiger charge is -2.31. The van der Waals surface area contributed by atoms with Crippen LogP contribution in [0.1, 0.15) is 26.7 Å². The molecule has 1 rings (SSSR count). The van der Waals surface area contributed by atoms with E-state index in [9.17, 15) is 9.59 Å². The minimum Gasteiger partial charge on any atom is -0.481 e. The SMILES string of the molecule is CC(C)NCC(=O)N1CCC[C@@H](C(=O)O)C1. The number of carboxylic acid groups (broad SMARTS) is 1. The highest BCUT2D eigenvalue weighted by Crippen LogP contribution is 2.16. The van der Waals surface area contributed by atoms with Gasteiger partial charge in [-0.1, -0.05) is 13.8 Å². The smallest absolute Gasteiger partial charge is 0.308 e. The average Bonchev–Trinajstić information content (AvgIpc) is 2.26. The minimum atomic E-state index is -0.797. The third-order valence-corrected chi connectivity index (χ3v) is 2.78.